The van der Waals surface area contributed by atoms with Crippen LogP contribution in [0.4, 0.5) is 4.39 Å². The molecule has 5 nitrogen and oxygen atoms in total. The lowest BCUT2D eigenvalue weighted by Gasteiger charge is -2.18. The van der Waals surface area contributed by atoms with Crippen LogP contribution in [-0.4, -0.2) is 25.2 Å². The fourth-order valence-corrected chi connectivity index (χ4v) is 4.11. The Kier molecular flexibility index (Phi) is 4.44. The Balaban J connectivity index is 1.55. The van der Waals surface area contributed by atoms with Crippen LogP contribution in [0.5, 0.6) is 0 Å². The van der Waals surface area contributed by atoms with E-state index in [1.165, 1.54) is 12.1 Å². The Morgan fingerprint density at radius 1 is 1.07 bits per heavy atom. The summed E-state index contributed by atoms with van der Waals surface area (Å²) in [5, 5.41) is 4.94. The van der Waals surface area contributed by atoms with Gasteiger partial charge >= 0.3 is 0 Å². The van der Waals surface area contributed by atoms with E-state index < -0.39 is 5.82 Å². The molecule has 2 aromatic carbocycles. The zero-order chi connectivity index (χ0) is 20.8. The molecule has 0 fully saturated rings. The topological polar surface area (TPSA) is 43.1 Å². The average Bonchev–Trinajstić information content (AvgIpc) is 3.43. The Morgan fingerprint density at radius 3 is 2.60 bits per heavy atom. The molecule has 0 saturated carbocycles. The number of nitrogens with zero attached hydrogens (tertiary/aromatic N) is 4. The second kappa shape index (κ2) is 7.15. The van der Waals surface area contributed by atoms with Crippen molar-refractivity contribution in [3.05, 3.63) is 100 Å². The minimum atomic E-state index is -0.467. The first kappa shape index (κ1) is 18.6. The summed E-state index contributed by atoms with van der Waals surface area (Å²) in [6.07, 6.45) is 3.93. The van der Waals surface area contributed by atoms with Crippen molar-refractivity contribution in [1.29, 1.82) is 0 Å². The molecular formula is C23H18ClFN4O. The third kappa shape index (κ3) is 3.09. The summed E-state index contributed by atoms with van der Waals surface area (Å²) in [6.45, 7) is 2.82. The van der Waals surface area contributed by atoms with E-state index >= 15 is 0 Å². The van der Waals surface area contributed by atoms with Crippen LogP contribution in [0.1, 0.15) is 27.2 Å². The summed E-state index contributed by atoms with van der Waals surface area (Å²) in [6, 6.07) is 15.9. The van der Waals surface area contributed by atoms with Crippen molar-refractivity contribution in [1.82, 2.24) is 19.2 Å². The Hall–Kier alpha value is -3.38. The molecule has 0 unspecified atom stereocenters. The number of benzene rings is 2. The number of halogens is 2. The highest BCUT2D eigenvalue weighted by Gasteiger charge is 2.32. The van der Waals surface area contributed by atoms with Crippen LogP contribution in [0.15, 0.2) is 67.0 Å². The number of hydrogen-bond donors (Lipinski definition) is 0. The minimum absolute atomic E-state index is 0.111. The highest BCUT2D eigenvalue weighted by molar-refractivity contribution is 6.33. The predicted molar refractivity (Wildman–Crippen MR) is 113 cm³/mol. The van der Waals surface area contributed by atoms with E-state index in [0.717, 1.165) is 34.4 Å². The first-order chi connectivity index (χ1) is 14.5. The Bertz CT molecular complexity index is 1260. The number of carbonyl (C=O) groups is 1. The molecule has 5 rings (SSSR count). The van der Waals surface area contributed by atoms with Gasteiger partial charge in [0.1, 0.15) is 11.6 Å². The van der Waals surface area contributed by atoms with Crippen molar-refractivity contribution in [2.45, 2.75) is 20.0 Å². The van der Waals surface area contributed by atoms with Crippen molar-refractivity contribution < 1.29 is 9.18 Å². The maximum absolute atomic E-state index is 13.4. The van der Waals surface area contributed by atoms with E-state index in [4.69, 9.17) is 16.7 Å². The van der Waals surface area contributed by atoms with Crippen LogP contribution in [0.25, 0.3) is 11.5 Å². The zero-order valence-electron chi connectivity index (χ0n) is 16.2. The maximum Gasteiger partial charge on any atom is 0.256 e. The summed E-state index contributed by atoms with van der Waals surface area (Å²) in [5.74, 6) is 0.199. The lowest BCUT2D eigenvalue weighted by Crippen LogP contribution is -2.26. The second-order valence-corrected chi connectivity index (χ2v) is 7.78. The molecule has 0 radical (unpaired) electrons. The van der Waals surface area contributed by atoms with E-state index in [2.05, 4.69) is 6.07 Å². The molecule has 0 spiro atoms. The van der Waals surface area contributed by atoms with Crippen LogP contribution in [0.3, 0.4) is 0 Å². The summed E-state index contributed by atoms with van der Waals surface area (Å²) >= 11 is 6.11. The monoisotopic (exact) mass is 420 g/mol. The van der Waals surface area contributed by atoms with Gasteiger partial charge in [0.15, 0.2) is 0 Å². The van der Waals surface area contributed by atoms with E-state index in [9.17, 15) is 9.18 Å². The fraction of sp³-hybridized carbons (Fsp3) is 0.130. The summed E-state index contributed by atoms with van der Waals surface area (Å²) < 4.78 is 17.3. The quantitative estimate of drug-likeness (QED) is 0.472. The Morgan fingerprint density at radius 2 is 1.87 bits per heavy atom. The highest BCUT2D eigenvalue weighted by Crippen LogP contribution is 2.32. The lowest BCUT2D eigenvalue weighted by atomic mass is 10.2. The van der Waals surface area contributed by atoms with Crippen molar-refractivity contribution >= 4 is 17.5 Å². The fourth-order valence-electron chi connectivity index (χ4n) is 3.86. The van der Waals surface area contributed by atoms with Crippen LogP contribution in [0, 0.1) is 12.7 Å². The first-order valence-corrected chi connectivity index (χ1v) is 9.94. The lowest BCUT2D eigenvalue weighted by molar-refractivity contribution is 0.0749. The molecule has 30 heavy (non-hydrogen) atoms. The number of carbonyl (C=O) groups excluding carboxylic acids is 1. The second-order valence-electron chi connectivity index (χ2n) is 7.38. The standard InChI is InChI=1S/C23H18ClFN4O/c1-15-5-4-6-17(11-15)29-22(27-9-2-3-10-27)19-13-28(14-21(19)26-29)23(30)18-8-7-16(25)12-20(18)24/h2-12H,13-14H2,1H3. The van der Waals surface area contributed by atoms with E-state index in [-0.39, 0.29) is 16.5 Å². The summed E-state index contributed by atoms with van der Waals surface area (Å²) in [5.41, 5.74) is 4.22. The van der Waals surface area contributed by atoms with E-state index in [1.54, 1.807) is 4.90 Å². The van der Waals surface area contributed by atoms with Crippen LogP contribution >= 0.6 is 11.6 Å². The van der Waals surface area contributed by atoms with Crippen molar-refractivity contribution in [2.24, 2.45) is 0 Å². The molecule has 0 atom stereocenters. The number of aromatic nitrogens is 3. The smallest absolute Gasteiger partial charge is 0.256 e. The largest absolute Gasteiger partial charge is 0.328 e. The van der Waals surface area contributed by atoms with Gasteiger partial charge in [0.2, 0.25) is 0 Å². The molecule has 0 aliphatic carbocycles. The van der Waals surface area contributed by atoms with Gasteiger partial charge in [-0.2, -0.15) is 5.10 Å². The number of aryl methyl sites for hydroxylation is 1. The molecule has 0 saturated heterocycles. The molecule has 1 amide bonds. The van der Waals surface area contributed by atoms with Crippen molar-refractivity contribution in [2.75, 3.05) is 0 Å². The van der Waals surface area contributed by atoms with E-state index in [0.29, 0.717) is 13.1 Å². The molecule has 4 aromatic rings. The van der Waals surface area contributed by atoms with Gasteiger partial charge in [-0.3, -0.25) is 4.79 Å². The van der Waals surface area contributed by atoms with Crippen molar-refractivity contribution in [3.63, 3.8) is 0 Å². The molecule has 7 heteroatoms. The molecule has 0 N–H and O–H groups in total. The van der Waals surface area contributed by atoms with Gasteiger partial charge in [-0.05, 0) is 55.0 Å². The van der Waals surface area contributed by atoms with Gasteiger partial charge in [-0.15, -0.1) is 0 Å². The number of fused-ring (bicyclic) bond motifs is 1. The number of amides is 1. The highest BCUT2D eigenvalue weighted by atomic mass is 35.5. The minimum Gasteiger partial charge on any atom is -0.328 e. The third-order valence-corrected chi connectivity index (χ3v) is 5.59. The molecule has 2 aromatic heterocycles. The van der Waals surface area contributed by atoms with Crippen molar-refractivity contribution in [3.8, 4) is 11.5 Å². The van der Waals surface area contributed by atoms with Crippen LogP contribution < -0.4 is 0 Å². The average molecular weight is 421 g/mol. The SMILES string of the molecule is Cc1cccc(-n2nc3c(c2-n2cccc2)CN(C(=O)c2ccc(F)cc2Cl)C3)c1. The normalized spacial score (nSPS) is 13.0. The van der Waals surface area contributed by atoms with Gasteiger partial charge in [0.05, 0.1) is 35.1 Å². The molecule has 0 bridgehead atoms. The molecule has 3 heterocycles. The van der Waals surface area contributed by atoms with Gasteiger partial charge in [0.25, 0.3) is 5.91 Å². The first-order valence-electron chi connectivity index (χ1n) is 9.57. The number of hydrogen-bond acceptors (Lipinski definition) is 2. The number of rotatable bonds is 3. The summed E-state index contributed by atoms with van der Waals surface area (Å²) in [4.78, 5) is 14.7. The molecule has 150 valence electrons. The third-order valence-electron chi connectivity index (χ3n) is 5.27. The zero-order valence-corrected chi connectivity index (χ0v) is 17.0. The van der Waals surface area contributed by atoms with Crippen LogP contribution in [0.2, 0.25) is 5.02 Å². The van der Waals surface area contributed by atoms with Gasteiger partial charge < -0.3 is 9.47 Å². The van der Waals surface area contributed by atoms with E-state index in [1.807, 2.05) is 58.9 Å². The molecule has 1 aliphatic heterocycles. The van der Waals surface area contributed by atoms with Gasteiger partial charge in [-0.25, -0.2) is 9.07 Å². The molecule has 1 aliphatic rings. The van der Waals surface area contributed by atoms with Gasteiger partial charge in [0, 0.05) is 18.0 Å². The Labute approximate surface area is 177 Å². The molecular weight excluding hydrogens is 403 g/mol. The maximum atomic E-state index is 13.4. The predicted octanol–water partition coefficient (Wildman–Crippen LogP) is 4.92. The summed E-state index contributed by atoms with van der Waals surface area (Å²) in [7, 11) is 0. The van der Waals surface area contributed by atoms with Gasteiger partial charge in [-0.1, -0.05) is 23.7 Å². The van der Waals surface area contributed by atoms with Crippen LogP contribution in [-0.2, 0) is 13.1 Å².